The van der Waals surface area contributed by atoms with E-state index in [1.807, 2.05) is 27.2 Å². The van der Waals surface area contributed by atoms with Crippen molar-refractivity contribution in [2.24, 2.45) is 0 Å². The van der Waals surface area contributed by atoms with E-state index in [9.17, 15) is 19.4 Å². The number of carbonyl (C=O) groups is 1. The highest BCUT2D eigenvalue weighted by atomic mass is 31.2. The number of unbranched alkanes of at least 4 members (excludes halogenated alkanes) is 11. The zero-order valence-corrected chi connectivity index (χ0v) is 35.0. The van der Waals surface area contributed by atoms with Crippen molar-refractivity contribution in [3.05, 3.63) is 60.8 Å². The molecule has 0 aromatic heterocycles. The normalized spacial score (nSPS) is 18.9. The first kappa shape index (κ1) is 49.2. The van der Waals surface area contributed by atoms with E-state index in [-0.39, 0.29) is 31.1 Å². The Balaban J connectivity index is 2.43. The predicted octanol–water partition coefficient (Wildman–Crippen LogP) is 9.43. The zero-order valence-electron chi connectivity index (χ0n) is 34.1. The van der Waals surface area contributed by atoms with Gasteiger partial charge >= 0.3 is 0 Å². The molecule has 1 amide bonds. The number of phosphoric acid groups is 1. The monoisotopic (exact) mass is 765 g/mol. The Kier molecular flexibility index (Phi) is 29.1. The van der Waals surface area contributed by atoms with Gasteiger partial charge in [-0.25, -0.2) is 0 Å². The lowest BCUT2D eigenvalue weighted by molar-refractivity contribution is -0.870. The van der Waals surface area contributed by atoms with Crippen LogP contribution >= 0.6 is 7.82 Å². The van der Waals surface area contributed by atoms with Gasteiger partial charge in [0.25, 0.3) is 7.82 Å². The molecule has 1 aliphatic rings. The molecule has 306 valence electrons. The van der Waals surface area contributed by atoms with E-state index in [0.717, 1.165) is 51.4 Å². The minimum atomic E-state index is -4.61. The molecule has 10 heteroatoms. The first-order valence-electron chi connectivity index (χ1n) is 20.8. The van der Waals surface area contributed by atoms with Crippen LogP contribution in [0, 0.1) is 0 Å². The molecule has 1 saturated heterocycles. The third kappa shape index (κ3) is 31.1. The van der Waals surface area contributed by atoms with Gasteiger partial charge in [0.05, 0.1) is 52.1 Å². The Bertz CT molecular complexity index is 1110. The number of ether oxygens (including phenoxy) is 1. The molecule has 0 aromatic carbocycles. The largest absolute Gasteiger partial charge is 0.756 e. The molecule has 1 fully saturated rings. The molecule has 3 unspecified atom stereocenters. The maximum absolute atomic E-state index is 12.9. The summed E-state index contributed by atoms with van der Waals surface area (Å²) in [5.74, 6) is -0.265. The molecule has 5 atom stereocenters. The van der Waals surface area contributed by atoms with Gasteiger partial charge in [-0.05, 0) is 77.0 Å². The molecule has 0 spiro atoms. The third-order valence-electron chi connectivity index (χ3n) is 9.10. The van der Waals surface area contributed by atoms with Crippen molar-refractivity contribution in [1.29, 1.82) is 0 Å². The highest BCUT2D eigenvalue weighted by Crippen LogP contribution is 2.38. The third-order valence-corrected chi connectivity index (χ3v) is 10.1. The number of allylic oxidation sites excluding steroid dienone is 8. The van der Waals surface area contributed by atoms with Gasteiger partial charge in [0, 0.05) is 6.42 Å². The SMILES string of the molecule is CCC/C=C\CCCCCCCC/C=C/[C@@H](O)[C@H](COP(=O)([O-])OCC[N+](C)(C)C)NC(=O)CCCC1OC1C/C=C\C/C=C\C/C=C\CCCCC. The molecular weight excluding hydrogens is 687 g/mol. The molecule has 1 heterocycles. The predicted molar refractivity (Wildman–Crippen MR) is 218 cm³/mol. The summed E-state index contributed by atoms with van der Waals surface area (Å²) in [7, 11) is 1.19. The summed E-state index contributed by atoms with van der Waals surface area (Å²) in [5, 5.41) is 13.7. The fraction of sp³-hybridized carbons (Fsp3) is 0.744. The number of rotatable bonds is 35. The van der Waals surface area contributed by atoms with E-state index in [0.29, 0.717) is 17.4 Å². The Morgan fingerprint density at radius 2 is 1.36 bits per heavy atom. The Labute approximate surface area is 324 Å². The molecule has 53 heavy (non-hydrogen) atoms. The van der Waals surface area contributed by atoms with Crippen molar-refractivity contribution in [3.63, 3.8) is 0 Å². The summed E-state index contributed by atoms with van der Waals surface area (Å²) in [6, 6.07) is -0.930. The Hall–Kier alpha value is -1.84. The number of phosphoric ester groups is 1. The summed E-state index contributed by atoms with van der Waals surface area (Å²) >= 11 is 0. The van der Waals surface area contributed by atoms with Crippen LogP contribution in [0.5, 0.6) is 0 Å². The molecule has 0 aromatic rings. The lowest BCUT2D eigenvalue weighted by Crippen LogP contribution is -2.45. The number of hydrogen-bond acceptors (Lipinski definition) is 7. The van der Waals surface area contributed by atoms with Crippen molar-refractivity contribution < 1.29 is 37.6 Å². The van der Waals surface area contributed by atoms with Crippen LogP contribution in [0.2, 0.25) is 0 Å². The second kappa shape index (κ2) is 31.4. The van der Waals surface area contributed by atoms with E-state index in [2.05, 4.69) is 67.8 Å². The summed E-state index contributed by atoms with van der Waals surface area (Å²) in [4.78, 5) is 25.3. The number of epoxide rings is 1. The van der Waals surface area contributed by atoms with Gasteiger partial charge in [-0.1, -0.05) is 120 Å². The number of aliphatic hydroxyl groups is 1. The van der Waals surface area contributed by atoms with Gasteiger partial charge in [0.2, 0.25) is 5.91 Å². The van der Waals surface area contributed by atoms with E-state index in [4.69, 9.17) is 13.8 Å². The molecule has 2 N–H and O–H groups in total. The molecule has 0 radical (unpaired) electrons. The molecule has 0 saturated carbocycles. The van der Waals surface area contributed by atoms with Crippen LogP contribution in [0.1, 0.15) is 142 Å². The summed E-state index contributed by atoms with van der Waals surface area (Å²) in [5.41, 5.74) is 0. The fourth-order valence-corrected chi connectivity index (χ4v) is 6.37. The number of quaternary nitrogens is 1. The van der Waals surface area contributed by atoms with E-state index in [1.54, 1.807) is 6.08 Å². The summed E-state index contributed by atoms with van der Waals surface area (Å²) < 4.78 is 28.9. The molecular formula is C43H77N2O7P. The number of nitrogens with one attached hydrogen (secondary N) is 1. The number of aliphatic hydroxyl groups excluding tert-OH is 1. The molecule has 9 nitrogen and oxygen atoms in total. The van der Waals surface area contributed by atoms with Crippen LogP contribution in [0.25, 0.3) is 0 Å². The Morgan fingerprint density at radius 3 is 2.02 bits per heavy atom. The van der Waals surface area contributed by atoms with Crippen LogP contribution in [-0.2, 0) is 23.1 Å². The van der Waals surface area contributed by atoms with Gasteiger partial charge in [0.1, 0.15) is 13.2 Å². The first-order valence-corrected chi connectivity index (χ1v) is 22.2. The lowest BCUT2D eigenvalue weighted by Gasteiger charge is -2.29. The van der Waals surface area contributed by atoms with Gasteiger partial charge in [-0.15, -0.1) is 0 Å². The van der Waals surface area contributed by atoms with Gasteiger partial charge < -0.3 is 33.6 Å². The number of amides is 1. The lowest BCUT2D eigenvalue weighted by atomic mass is 10.1. The van der Waals surface area contributed by atoms with Crippen molar-refractivity contribution in [3.8, 4) is 0 Å². The van der Waals surface area contributed by atoms with Crippen molar-refractivity contribution in [2.75, 3.05) is 40.9 Å². The minimum Gasteiger partial charge on any atom is -0.756 e. The molecule has 1 aliphatic heterocycles. The number of hydrogen-bond donors (Lipinski definition) is 2. The van der Waals surface area contributed by atoms with Crippen LogP contribution in [0.3, 0.4) is 0 Å². The highest BCUT2D eigenvalue weighted by Gasteiger charge is 2.36. The van der Waals surface area contributed by atoms with Crippen molar-refractivity contribution in [1.82, 2.24) is 5.32 Å². The number of likely N-dealkylation sites (N-methyl/N-ethyl adjacent to an activating group) is 1. The molecule has 0 aliphatic carbocycles. The van der Waals surface area contributed by atoms with Gasteiger partial charge in [-0.2, -0.15) is 0 Å². The van der Waals surface area contributed by atoms with Crippen molar-refractivity contribution in [2.45, 2.75) is 167 Å². The number of nitrogens with zero attached hydrogens (tertiary/aromatic N) is 1. The minimum absolute atomic E-state index is 0.0199. The maximum Gasteiger partial charge on any atom is 0.268 e. The smallest absolute Gasteiger partial charge is 0.268 e. The second-order valence-corrected chi connectivity index (χ2v) is 16.8. The average molecular weight is 765 g/mol. The van der Waals surface area contributed by atoms with Gasteiger partial charge in [-0.3, -0.25) is 9.36 Å². The van der Waals surface area contributed by atoms with Crippen LogP contribution in [0.15, 0.2) is 60.8 Å². The zero-order chi connectivity index (χ0) is 39.0. The van der Waals surface area contributed by atoms with E-state index >= 15 is 0 Å². The van der Waals surface area contributed by atoms with Crippen LogP contribution in [-0.4, -0.2) is 80.8 Å². The molecule has 1 rings (SSSR count). The van der Waals surface area contributed by atoms with Crippen molar-refractivity contribution >= 4 is 13.7 Å². The quantitative estimate of drug-likeness (QED) is 0.0217. The first-order chi connectivity index (χ1) is 25.5. The summed E-state index contributed by atoms with van der Waals surface area (Å²) in [6.07, 6.45) is 41.4. The standard InChI is InChI=1S/C43H77N2O7P/c1-6-8-10-12-14-16-18-20-21-23-25-27-29-32-40(46)39(38-51-53(48,49)50-37-36-45(3,4)5)44-43(47)35-31-34-42-41(52-42)33-30-28-26-24-22-19-17-15-13-11-9-7-2/h10,12,15,17,22,24,28-30,32,39-42,46H,6-9,11,13-14,16,18-21,23,25-27,31,33-38H2,1-5H3,(H-,44,47,48,49)/b12-10-,17-15-,24-22-,30-28-,32-29+/t39-,40+,41?,42?/m0/s1. The average Bonchev–Trinajstić information content (AvgIpc) is 3.86. The second-order valence-electron chi connectivity index (χ2n) is 15.4. The van der Waals surface area contributed by atoms with E-state index in [1.165, 1.54) is 64.2 Å². The summed E-state index contributed by atoms with van der Waals surface area (Å²) in [6.45, 7) is 4.47. The molecule has 0 bridgehead atoms. The van der Waals surface area contributed by atoms with E-state index < -0.39 is 26.6 Å². The van der Waals surface area contributed by atoms with Crippen LogP contribution in [0.4, 0.5) is 0 Å². The van der Waals surface area contributed by atoms with Gasteiger partial charge in [0.15, 0.2) is 0 Å². The highest BCUT2D eigenvalue weighted by molar-refractivity contribution is 7.45. The topological polar surface area (TPSA) is 120 Å². The maximum atomic E-state index is 12.9. The fourth-order valence-electron chi connectivity index (χ4n) is 5.65. The Morgan fingerprint density at radius 1 is 0.774 bits per heavy atom. The van der Waals surface area contributed by atoms with Crippen LogP contribution < -0.4 is 10.2 Å². The number of carbonyl (C=O) groups excluding carboxylic acids is 1.